The Kier molecular flexibility index (Phi) is 4.35. The van der Waals surface area contributed by atoms with Gasteiger partial charge in [-0.1, -0.05) is 72.8 Å². The van der Waals surface area contributed by atoms with E-state index in [4.69, 9.17) is 4.74 Å². The Morgan fingerprint density at radius 2 is 1.59 bits per heavy atom. The molecule has 0 saturated carbocycles. The normalized spacial score (nSPS) is 10.4. The van der Waals surface area contributed by atoms with Gasteiger partial charge >= 0.3 is 6.09 Å². The molecule has 3 aromatic rings. The molecule has 0 fully saturated rings. The van der Waals surface area contributed by atoms with Gasteiger partial charge in [0.1, 0.15) is 6.61 Å². The molecule has 1 N–H and O–H groups in total. The van der Waals surface area contributed by atoms with Gasteiger partial charge in [0.25, 0.3) is 0 Å². The smallest absolute Gasteiger partial charge is 0.407 e. The molecular formula is C19H17NO2. The Morgan fingerprint density at radius 3 is 2.45 bits per heavy atom. The van der Waals surface area contributed by atoms with Crippen LogP contribution in [0.3, 0.4) is 0 Å². The molecule has 0 saturated heterocycles. The lowest BCUT2D eigenvalue weighted by Gasteiger charge is -2.09. The summed E-state index contributed by atoms with van der Waals surface area (Å²) in [7, 11) is 0. The Labute approximate surface area is 129 Å². The predicted octanol–water partition coefficient (Wildman–Crippen LogP) is 4.27. The van der Waals surface area contributed by atoms with Crippen LogP contribution >= 0.6 is 0 Å². The Hall–Kier alpha value is -2.81. The monoisotopic (exact) mass is 291 g/mol. The number of carbonyl (C=O) groups excluding carboxylic acids is 1. The van der Waals surface area contributed by atoms with Crippen molar-refractivity contribution in [3.63, 3.8) is 0 Å². The molecule has 0 radical (unpaired) electrons. The summed E-state index contributed by atoms with van der Waals surface area (Å²) >= 11 is 0. The van der Waals surface area contributed by atoms with E-state index in [1.54, 1.807) is 0 Å². The van der Waals surface area contributed by atoms with Gasteiger partial charge in [-0.2, -0.15) is 0 Å². The molecule has 0 atom stereocenters. The van der Waals surface area contributed by atoms with Crippen LogP contribution in [0.15, 0.2) is 72.8 Å². The first-order valence-corrected chi connectivity index (χ1v) is 7.24. The second-order valence-corrected chi connectivity index (χ2v) is 5.05. The number of hydrogen-bond donors (Lipinski definition) is 1. The van der Waals surface area contributed by atoms with E-state index in [1.165, 1.54) is 0 Å². The van der Waals surface area contributed by atoms with Crippen LogP contribution in [0, 0.1) is 0 Å². The zero-order chi connectivity index (χ0) is 15.2. The fraction of sp³-hybridized carbons (Fsp3) is 0.105. The van der Waals surface area contributed by atoms with E-state index in [1.807, 2.05) is 72.8 Å². The minimum atomic E-state index is -0.406. The number of nitrogens with one attached hydrogen (secondary N) is 1. The highest BCUT2D eigenvalue weighted by atomic mass is 16.5. The molecule has 110 valence electrons. The summed E-state index contributed by atoms with van der Waals surface area (Å²) in [6.45, 7) is 0.733. The van der Waals surface area contributed by atoms with E-state index in [0.717, 1.165) is 21.9 Å². The fourth-order valence-corrected chi connectivity index (χ4v) is 2.38. The lowest BCUT2D eigenvalue weighted by molar-refractivity contribution is 0.139. The molecule has 0 unspecified atom stereocenters. The third kappa shape index (κ3) is 3.44. The number of benzene rings is 3. The van der Waals surface area contributed by atoms with Gasteiger partial charge in [-0.05, 0) is 21.9 Å². The van der Waals surface area contributed by atoms with Crippen molar-refractivity contribution in [2.75, 3.05) is 0 Å². The van der Waals surface area contributed by atoms with Crippen LogP contribution in [0.2, 0.25) is 0 Å². The highest BCUT2D eigenvalue weighted by molar-refractivity contribution is 5.85. The number of ether oxygens (including phenoxy) is 1. The molecule has 3 aromatic carbocycles. The zero-order valence-electron chi connectivity index (χ0n) is 12.2. The minimum absolute atomic E-state index is 0.266. The van der Waals surface area contributed by atoms with E-state index in [9.17, 15) is 4.79 Å². The summed E-state index contributed by atoms with van der Waals surface area (Å²) in [4.78, 5) is 11.8. The SMILES string of the molecule is O=C(NCc1ccccc1)OCc1cccc2ccccc12. The maximum atomic E-state index is 11.8. The third-order valence-corrected chi connectivity index (χ3v) is 3.52. The van der Waals surface area contributed by atoms with E-state index < -0.39 is 6.09 Å². The summed E-state index contributed by atoms with van der Waals surface area (Å²) in [5, 5.41) is 5.01. The summed E-state index contributed by atoms with van der Waals surface area (Å²) in [6, 6.07) is 23.8. The van der Waals surface area contributed by atoms with E-state index in [2.05, 4.69) is 5.32 Å². The number of rotatable bonds is 4. The summed E-state index contributed by atoms with van der Waals surface area (Å²) in [6.07, 6.45) is -0.406. The van der Waals surface area contributed by atoms with Crippen LogP contribution in [0.1, 0.15) is 11.1 Å². The van der Waals surface area contributed by atoms with Crippen LogP contribution in [0.25, 0.3) is 10.8 Å². The van der Waals surface area contributed by atoms with Crippen molar-refractivity contribution < 1.29 is 9.53 Å². The van der Waals surface area contributed by atoms with Gasteiger partial charge in [0.15, 0.2) is 0 Å². The van der Waals surface area contributed by atoms with E-state index >= 15 is 0 Å². The van der Waals surface area contributed by atoms with Crippen molar-refractivity contribution in [1.82, 2.24) is 5.32 Å². The Morgan fingerprint density at radius 1 is 0.864 bits per heavy atom. The minimum Gasteiger partial charge on any atom is -0.445 e. The molecule has 0 aromatic heterocycles. The zero-order valence-corrected chi connectivity index (χ0v) is 12.2. The number of hydrogen-bond acceptors (Lipinski definition) is 2. The first-order valence-electron chi connectivity index (χ1n) is 7.24. The lowest BCUT2D eigenvalue weighted by Crippen LogP contribution is -2.23. The number of fused-ring (bicyclic) bond motifs is 1. The van der Waals surface area contributed by atoms with Crippen LogP contribution in [-0.2, 0) is 17.9 Å². The predicted molar refractivity (Wildman–Crippen MR) is 87.4 cm³/mol. The van der Waals surface area contributed by atoms with Gasteiger partial charge in [0.2, 0.25) is 0 Å². The number of alkyl carbamates (subject to hydrolysis) is 1. The molecule has 0 heterocycles. The van der Waals surface area contributed by atoms with Crippen molar-refractivity contribution in [3.05, 3.63) is 83.9 Å². The molecule has 0 aliphatic carbocycles. The third-order valence-electron chi connectivity index (χ3n) is 3.52. The average Bonchev–Trinajstić information content (AvgIpc) is 2.59. The Bertz CT molecular complexity index is 763. The molecule has 0 aliphatic rings. The fourth-order valence-electron chi connectivity index (χ4n) is 2.38. The molecule has 22 heavy (non-hydrogen) atoms. The van der Waals surface area contributed by atoms with Crippen molar-refractivity contribution in [3.8, 4) is 0 Å². The van der Waals surface area contributed by atoms with Gasteiger partial charge in [-0.25, -0.2) is 4.79 Å². The molecular weight excluding hydrogens is 274 g/mol. The van der Waals surface area contributed by atoms with Gasteiger partial charge < -0.3 is 10.1 Å². The molecule has 0 aliphatic heterocycles. The van der Waals surface area contributed by atoms with Crippen LogP contribution in [-0.4, -0.2) is 6.09 Å². The molecule has 1 amide bonds. The summed E-state index contributed by atoms with van der Waals surface area (Å²) < 4.78 is 5.31. The highest BCUT2D eigenvalue weighted by Gasteiger charge is 2.05. The van der Waals surface area contributed by atoms with E-state index in [0.29, 0.717) is 6.54 Å². The Balaban J connectivity index is 1.58. The molecule has 0 spiro atoms. The van der Waals surface area contributed by atoms with Crippen LogP contribution in [0.5, 0.6) is 0 Å². The molecule has 0 bridgehead atoms. The molecule has 3 rings (SSSR count). The van der Waals surface area contributed by atoms with Crippen LogP contribution in [0.4, 0.5) is 4.79 Å². The van der Waals surface area contributed by atoms with Crippen molar-refractivity contribution >= 4 is 16.9 Å². The largest absolute Gasteiger partial charge is 0.445 e. The van der Waals surface area contributed by atoms with E-state index in [-0.39, 0.29) is 6.61 Å². The first kappa shape index (κ1) is 14.1. The van der Waals surface area contributed by atoms with Crippen LogP contribution < -0.4 is 5.32 Å². The standard InChI is InChI=1S/C19H17NO2/c21-19(20-13-15-7-2-1-3-8-15)22-14-17-11-6-10-16-9-4-5-12-18(16)17/h1-12H,13-14H2,(H,20,21). The van der Waals surface area contributed by atoms with Crippen molar-refractivity contribution in [1.29, 1.82) is 0 Å². The number of carbonyl (C=O) groups is 1. The summed E-state index contributed by atoms with van der Waals surface area (Å²) in [5.74, 6) is 0. The second-order valence-electron chi connectivity index (χ2n) is 5.05. The highest BCUT2D eigenvalue weighted by Crippen LogP contribution is 2.19. The second kappa shape index (κ2) is 6.76. The maximum Gasteiger partial charge on any atom is 0.407 e. The summed E-state index contributed by atoms with van der Waals surface area (Å²) in [5.41, 5.74) is 2.05. The van der Waals surface area contributed by atoms with Crippen molar-refractivity contribution in [2.24, 2.45) is 0 Å². The topological polar surface area (TPSA) is 38.3 Å². The molecule has 3 nitrogen and oxygen atoms in total. The quantitative estimate of drug-likeness (QED) is 0.779. The van der Waals surface area contributed by atoms with Gasteiger partial charge in [-0.3, -0.25) is 0 Å². The first-order chi connectivity index (χ1) is 10.8. The van der Waals surface area contributed by atoms with Crippen molar-refractivity contribution in [2.45, 2.75) is 13.2 Å². The lowest BCUT2D eigenvalue weighted by atomic mass is 10.1. The molecule has 3 heteroatoms. The number of amides is 1. The maximum absolute atomic E-state index is 11.8. The van der Waals surface area contributed by atoms with Gasteiger partial charge in [-0.15, -0.1) is 0 Å². The van der Waals surface area contributed by atoms with Gasteiger partial charge in [0.05, 0.1) is 0 Å². The average molecular weight is 291 g/mol. The van der Waals surface area contributed by atoms with Gasteiger partial charge in [0, 0.05) is 6.54 Å².